The van der Waals surface area contributed by atoms with E-state index in [-0.39, 0.29) is 36.1 Å². The zero-order chi connectivity index (χ0) is 29.5. The van der Waals surface area contributed by atoms with E-state index in [1.807, 2.05) is 13.8 Å². The van der Waals surface area contributed by atoms with Crippen molar-refractivity contribution in [2.75, 3.05) is 26.3 Å². The summed E-state index contributed by atoms with van der Waals surface area (Å²) >= 11 is 0. The Bertz CT molecular complexity index is 1260. The molecule has 10 nitrogen and oxygen atoms in total. The number of esters is 2. The lowest BCUT2D eigenvalue weighted by Gasteiger charge is -2.39. The van der Waals surface area contributed by atoms with Gasteiger partial charge in [-0.1, -0.05) is 35.4 Å². The van der Waals surface area contributed by atoms with Crippen molar-refractivity contribution in [3.63, 3.8) is 0 Å². The summed E-state index contributed by atoms with van der Waals surface area (Å²) in [6.07, 6.45) is 1.62. The lowest BCUT2D eigenvalue weighted by Crippen LogP contribution is -2.49. The van der Waals surface area contributed by atoms with Crippen LogP contribution < -0.4 is 0 Å². The summed E-state index contributed by atoms with van der Waals surface area (Å²) in [7, 11) is -7.80. The lowest BCUT2D eigenvalue weighted by atomic mass is 9.91. The molecule has 0 atom stereocenters. The van der Waals surface area contributed by atoms with Crippen LogP contribution in [0.3, 0.4) is 0 Å². The van der Waals surface area contributed by atoms with Gasteiger partial charge in [-0.2, -0.15) is 8.61 Å². The third-order valence-corrected chi connectivity index (χ3v) is 10.9. The van der Waals surface area contributed by atoms with Crippen molar-refractivity contribution < 1.29 is 35.9 Å². The first-order valence-corrected chi connectivity index (χ1v) is 16.1. The molecule has 0 spiro atoms. The number of sulfonamides is 2. The minimum atomic E-state index is -3.90. The first-order chi connectivity index (χ1) is 18.8. The summed E-state index contributed by atoms with van der Waals surface area (Å²) in [4.78, 5) is 23.0. The van der Waals surface area contributed by atoms with Gasteiger partial charge in [-0.05, 0) is 63.8 Å². The van der Waals surface area contributed by atoms with Crippen LogP contribution in [0.15, 0.2) is 58.3 Å². The summed E-state index contributed by atoms with van der Waals surface area (Å²) in [6, 6.07) is 12.3. The third-order valence-electron chi connectivity index (χ3n) is 6.97. The number of benzene rings is 2. The molecule has 0 aliphatic heterocycles. The minimum Gasteiger partial charge on any atom is -0.464 e. The van der Waals surface area contributed by atoms with E-state index in [4.69, 9.17) is 9.47 Å². The summed E-state index contributed by atoms with van der Waals surface area (Å²) in [5.74, 6) is -0.998. The molecule has 0 saturated heterocycles. The average molecular weight is 595 g/mol. The topological polar surface area (TPSA) is 127 Å². The van der Waals surface area contributed by atoms with Gasteiger partial charge in [-0.15, -0.1) is 0 Å². The number of carbonyl (C=O) groups is 2. The summed E-state index contributed by atoms with van der Waals surface area (Å²) in [5, 5.41) is 0. The first-order valence-electron chi connectivity index (χ1n) is 13.3. The quantitative estimate of drug-likeness (QED) is 0.342. The number of ether oxygens (including phenoxy) is 2. The highest BCUT2D eigenvalue weighted by Crippen LogP contribution is 2.32. The Morgan fingerprint density at radius 3 is 1.23 bits per heavy atom. The maximum atomic E-state index is 13.6. The van der Waals surface area contributed by atoms with Gasteiger partial charge in [0.1, 0.15) is 13.2 Å². The van der Waals surface area contributed by atoms with Crippen molar-refractivity contribution in [2.24, 2.45) is 0 Å². The Hall–Kier alpha value is -2.80. The molecule has 1 saturated carbocycles. The minimum absolute atomic E-state index is 0.0110. The van der Waals surface area contributed by atoms with Gasteiger partial charge in [0.05, 0.1) is 9.79 Å². The van der Waals surface area contributed by atoms with Gasteiger partial charge in [0, 0.05) is 39.0 Å². The van der Waals surface area contributed by atoms with Gasteiger partial charge in [0.15, 0.2) is 0 Å². The second kappa shape index (κ2) is 13.7. The number of nitrogens with zero attached hydrogens (tertiary/aromatic N) is 2. The van der Waals surface area contributed by atoms with Crippen molar-refractivity contribution in [3.05, 3.63) is 59.7 Å². The molecule has 0 heterocycles. The molecule has 220 valence electrons. The van der Waals surface area contributed by atoms with Crippen LogP contribution in [-0.2, 0) is 39.1 Å². The van der Waals surface area contributed by atoms with E-state index in [9.17, 15) is 26.4 Å². The Labute approximate surface area is 237 Å². The average Bonchev–Trinajstić information content (AvgIpc) is 2.89. The molecule has 40 heavy (non-hydrogen) atoms. The Balaban J connectivity index is 1.83. The molecule has 3 rings (SSSR count). The molecule has 0 aromatic heterocycles. The highest BCUT2D eigenvalue weighted by atomic mass is 32.2. The van der Waals surface area contributed by atoms with Crippen molar-refractivity contribution in [3.8, 4) is 0 Å². The molecule has 1 aliphatic carbocycles. The molecule has 1 fully saturated rings. The largest absolute Gasteiger partial charge is 0.464 e. The van der Waals surface area contributed by atoms with Crippen LogP contribution in [0.4, 0.5) is 0 Å². The van der Waals surface area contributed by atoms with Crippen LogP contribution in [0.1, 0.15) is 50.7 Å². The molecule has 12 heteroatoms. The van der Waals surface area contributed by atoms with Gasteiger partial charge in [0.25, 0.3) is 0 Å². The Morgan fingerprint density at radius 2 is 0.950 bits per heavy atom. The molecule has 0 amide bonds. The van der Waals surface area contributed by atoms with Crippen LogP contribution in [0.2, 0.25) is 0 Å². The standard InChI is InChI=1S/C28H38N2O8S2/c1-21-5-13-27(14-6-21)39(33,34)29(17-19-37-23(3)31)25-9-11-26(12-10-25)30(18-20-38-24(4)32)40(35,36)28-15-7-22(2)8-16-28/h5-8,13-16,25-26H,9-12,17-20H2,1-4H3. The Kier molecular flexibility index (Phi) is 10.9. The van der Waals surface area contributed by atoms with Crippen LogP contribution in [0.5, 0.6) is 0 Å². The molecular weight excluding hydrogens is 556 g/mol. The van der Waals surface area contributed by atoms with Gasteiger partial charge >= 0.3 is 11.9 Å². The van der Waals surface area contributed by atoms with Gasteiger partial charge in [0.2, 0.25) is 20.0 Å². The van der Waals surface area contributed by atoms with Crippen LogP contribution in [-0.4, -0.2) is 75.8 Å². The van der Waals surface area contributed by atoms with Crippen molar-refractivity contribution in [1.29, 1.82) is 0 Å². The lowest BCUT2D eigenvalue weighted by molar-refractivity contribution is -0.142. The maximum Gasteiger partial charge on any atom is 0.302 e. The van der Waals surface area contributed by atoms with Gasteiger partial charge < -0.3 is 9.47 Å². The fourth-order valence-electron chi connectivity index (χ4n) is 4.88. The Morgan fingerprint density at radius 1 is 0.650 bits per heavy atom. The fraction of sp³-hybridized carbons (Fsp3) is 0.500. The second-order valence-electron chi connectivity index (χ2n) is 10.0. The molecule has 0 unspecified atom stereocenters. The van der Waals surface area contributed by atoms with Crippen molar-refractivity contribution in [1.82, 2.24) is 8.61 Å². The molecule has 2 aromatic rings. The summed E-state index contributed by atoms with van der Waals surface area (Å²) in [5.41, 5.74) is 1.85. The predicted octanol–water partition coefficient (Wildman–Crippen LogP) is 3.42. The molecule has 2 aromatic carbocycles. The van der Waals surface area contributed by atoms with E-state index in [1.165, 1.54) is 22.5 Å². The molecule has 1 aliphatic rings. The van der Waals surface area contributed by atoms with Crippen molar-refractivity contribution >= 4 is 32.0 Å². The van der Waals surface area contributed by atoms with Crippen molar-refractivity contribution in [2.45, 2.75) is 75.3 Å². The number of hydrogen-bond donors (Lipinski definition) is 0. The van der Waals surface area contributed by atoms with E-state index in [0.717, 1.165) is 11.1 Å². The first kappa shape index (κ1) is 31.7. The molecule has 0 bridgehead atoms. The molecular formula is C28H38N2O8S2. The fourth-order valence-corrected chi connectivity index (χ4v) is 8.22. The van der Waals surface area contributed by atoms with Crippen LogP contribution >= 0.6 is 0 Å². The highest BCUT2D eigenvalue weighted by molar-refractivity contribution is 7.89. The predicted molar refractivity (Wildman–Crippen MR) is 149 cm³/mol. The van der Waals surface area contributed by atoms with Gasteiger partial charge in [-0.25, -0.2) is 16.8 Å². The number of carbonyl (C=O) groups excluding carboxylic acids is 2. The second-order valence-corrected chi connectivity index (χ2v) is 13.8. The maximum absolute atomic E-state index is 13.6. The van der Waals surface area contributed by atoms with Gasteiger partial charge in [-0.3, -0.25) is 9.59 Å². The summed E-state index contributed by atoms with van der Waals surface area (Å²) in [6.45, 7) is 6.08. The smallest absolute Gasteiger partial charge is 0.302 e. The van der Waals surface area contributed by atoms with Crippen LogP contribution in [0, 0.1) is 13.8 Å². The number of rotatable bonds is 12. The summed E-state index contributed by atoms with van der Waals surface area (Å²) < 4.78 is 67.4. The van der Waals surface area contributed by atoms with E-state index in [1.54, 1.807) is 48.5 Å². The zero-order valence-corrected chi connectivity index (χ0v) is 25.0. The van der Waals surface area contributed by atoms with E-state index in [2.05, 4.69) is 0 Å². The number of aryl methyl sites for hydroxylation is 2. The highest BCUT2D eigenvalue weighted by Gasteiger charge is 2.38. The monoisotopic (exact) mass is 594 g/mol. The molecule has 0 radical (unpaired) electrons. The normalized spacial score (nSPS) is 18.1. The van der Waals surface area contributed by atoms with Crippen LogP contribution in [0.25, 0.3) is 0 Å². The van der Waals surface area contributed by atoms with E-state index < -0.39 is 44.1 Å². The molecule has 0 N–H and O–H groups in total. The van der Waals surface area contributed by atoms with E-state index in [0.29, 0.717) is 25.7 Å². The number of hydrogen-bond acceptors (Lipinski definition) is 8. The SMILES string of the molecule is CC(=O)OCCN(C1CCC(N(CCOC(C)=O)S(=O)(=O)c2ccc(C)cc2)CC1)S(=O)(=O)c1ccc(C)cc1. The third kappa shape index (κ3) is 8.12. The zero-order valence-electron chi connectivity index (χ0n) is 23.4. The van der Waals surface area contributed by atoms with E-state index >= 15 is 0 Å².